The average molecular weight is 585 g/mol. The van der Waals surface area contributed by atoms with Gasteiger partial charge in [-0.15, -0.1) is 0 Å². The number of methoxy groups -OCH3 is 1. The van der Waals surface area contributed by atoms with Crippen LogP contribution in [-0.4, -0.2) is 43.2 Å². The van der Waals surface area contributed by atoms with Gasteiger partial charge in [-0.25, -0.2) is 0 Å². The Kier molecular flexibility index (Phi) is 18.1. The second-order valence-corrected chi connectivity index (χ2v) is 7.80. The Labute approximate surface area is 228 Å². The van der Waals surface area contributed by atoms with E-state index in [2.05, 4.69) is 38.8 Å². The van der Waals surface area contributed by atoms with E-state index in [1.165, 1.54) is 44.2 Å². The first-order chi connectivity index (χ1) is 14.2. The van der Waals surface area contributed by atoms with Gasteiger partial charge in [-0.05, 0) is 53.4 Å². The summed E-state index contributed by atoms with van der Waals surface area (Å²) in [6.45, 7) is 2.90. The number of aliphatic hydroxyl groups is 1. The summed E-state index contributed by atoms with van der Waals surface area (Å²) in [7, 11) is 1.46. The van der Waals surface area contributed by atoms with Crippen molar-refractivity contribution in [3.8, 4) is 5.75 Å². The Morgan fingerprint density at radius 1 is 1.12 bits per heavy atom. The van der Waals surface area contributed by atoms with E-state index < -0.39 is 9.85 Å². The minimum atomic E-state index is -0.494. The number of non-ortho nitro benzene ring substituents is 2. The molecule has 1 aliphatic rings. The molecule has 3 radical (unpaired) electrons. The van der Waals surface area contributed by atoms with Crippen molar-refractivity contribution in [1.82, 2.24) is 0 Å². The van der Waals surface area contributed by atoms with Gasteiger partial charge in [-0.1, -0.05) is 15.9 Å². The van der Waals surface area contributed by atoms with Crippen LogP contribution in [0.3, 0.4) is 0 Å². The fourth-order valence-corrected chi connectivity index (χ4v) is 3.08. The van der Waals surface area contributed by atoms with Crippen LogP contribution in [0.2, 0.25) is 0 Å². The van der Waals surface area contributed by atoms with Gasteiger partial charge < -0.3 is 16.0 Å². The molecular formula is C19H23BBr2N2NaO7. The predicted molar refractivity (Wildman–Crippen MR) is 126 cm³/mol. The molecule has 1 atom stereocenters. The first kappa shape index (κ1) is 33.2. The van der Waals surface area contributed by atoms with Crippen LogP contribution < -0.4 is 34.3 Å². The number of halogens is 2. The number of nitrogens with zero attached hydrogens (tertiary/aromatic N) is 2. The molecule has 13 heteroatoms. The molecule has 1 aliphatic heterocycles. The van der Waals surface area contributed by atoms with E-state index >= 15 is 0 Å². The summed E-state index contributed by atoms with van der Waals surface area (Å²) in [5, 5.41) is 29.4. The number of hydrogen-bond acceptors (Lipinski definition) is 7. The van der Waals surface area contributed by atoms with E-state index in [1.807, 2.05) is 0 Å². The van der Waals surface area contributed by atoms with Crippen molar-refractivity contribution < 1.29 is 55.4 Å². The molecule has 1 fully saturated rings. The smallest absolute Gasteiger partial charge is 1.00 e. The second kappa shape index (κ2) is 17.5. The molecule has 0 bridgehead atoms. The number of nitro groups is 2. The van der Waals surface area contributed by atoms with Crippen molar-refractivity contribution in [2.45, 2.75) is 32.5 Å². The van der Waals surface area contributed by atoms with E-state index in [9.17, 15) is 20.2 Å². The third-order valence-corrected chi connectivity index (χ3v) is 5.34. The van der Waals surface area contributed by atoms with E-state index in [0.717, 1.165) is 6.61 Å². The summed E-state index contributed by atoms with van der Waals surface area (Å²) < 4.78 is 11.4. The van der Waals surface area contributed by atoms with Gasteiger partial charge in [0.1, 0.15) is 5.75 Å². The zero-order valence-electron chi connectivity index (χ0n) is 19.0. The first-order valence-corrected chi connectivity index (χ1v) is 10.4. The quantitative estimate of drug-likeness (QED) is 0.332. The average Bonchev–Trinajstić information content (AvgIpc) is 3.20. The zero-order valence-corrected chi connectivity index (χ0v) is 23.2. The molecule has 0 spiro atoms. The maximum Gasteiger partial charge on any atom is 1.00 e. The van der Waals surface area contributed by atoms with Crippen LogP contribution in [0.5, 0.6) is 5.75 Å². The number of hydrogen-bond donors (Lipinski definition) is 1. The van der Waals surface area contributed by atoms with E-state index in [-0.39, 0.29) is 57.4 Å². The zero-order chi connectivity index (χ0) is 22.7. The van der Waals surface area contributed by atoms with Crippen LogP contribution >= 0.6 is 31.9 Å². The molecule has 1 unspecified atom stereocenters. The van der Waals surface area contributed by atoms with E-state index in [1.54, 1.807) is 12.1 Å². The van der Waals surface area contributed by atoms with E-state index in [0.29, 0.717) is 26.4 Å². The monoisotopic (exact) mass is 583 g/mol. The third-order valence-electron chi connectivity index (χ3n) is 3.91. The van der Waals surface area contributed by atoms with Crippen molar-refractivity contribution in [3.63, 3.8) is 0 Å². The van der Waals surface area contributed by atoms with Gasteiger partial charge in [0.05, 0.1) is 40.2 Å². The van der Waals surface area contributed by atoms with Crippen molar-refractivity contribution in [3.05, 3.63) is 71.1 Å². The molecule has 1 heterocycles. The summed E-state index contributed by atoms with van der Waals surface area (Å²) in [6, 6.07) is 8.62. The molecule has 9 nitrogen and oxygen atoms in total. The molecule has 0 amide bonds. The molecule has 32 heavy (non-hydrogen) atoms. The Morgan fingerprint density at radius 2 is 1.66 bits per heavy atom. The van der Waals surface area contributed by atoms with Crippen LogP contribution in [0.15, 0.2) is 45.3 Å². The fourth-order valence-electron chi connectivity index (χ4n) is 2.30. The molecular weight excluding hydrogens is 562 g/mol. The topological polar surface area (TPSA) is 125 Å². The minimum absolute atomic E-state index is 0. The molecule has 0 aliphatic carbocycles. The Bertz CT molecular complexity index is 815. The standard InChI is InChI=1S/2C7H6BrNO3.C5H10O.B.Na.H/c1-12-7-4-5(9(10)11)2-3-6(7)8;8-7-2-1-6(9(11)12)3-5(7)4-10;1-5-3-2-4-6-5;;;/h2-4H,1H3;1-3,10H,4H2;5H,2-4H2,1H3;;;/q;;;;+1;-1. The number of rotatable bonds is 4. The van der Waals surface area contributed by atoms with E-state index in [4.69, 9.17) is 14.6 Å². The Hall–Kier alpha value is -1.02. The van der Waals surface area contributed by atoms with Crippen molar-refractivity contribution >= 4 is 51.6 Å². The summed E-state index contributed by atoms with van der Waals surface area (Å²) in [5.41, 5.74) is 0.529. The van der Waals surface area contributed by atoms with Crippen molar-refractivity contribution in [1.29, 1.82) is 0 Å². The normalized spacial score (nSPS) is 13.7. The van der Waals surface area contributed by atoms with Crippen LogP contribution in [0.1, 0.15) is 26.8 Å². The molecule has 0 saturated carbocycles. The number of nitro benzene ring substituents is 2. The van der Waals surface area contributed by atoms with Crippen molar-refractivity contribution in [2.75, 3.05) is 13.7 Å². The van der Waals surface area contributed by atoms with Gasteiger partial charge in [-0.2, -0.15) is 0 Å². The maximum atomic E-state index is 10.3. The molecule has 169 valence electrons. The second-order valence-electron chi connectivity index (χ2n) is 6.09. The number of ether oxygens (including phenoxy) is 2. The van der Waals surface area contributed by atoms with Gasteiger partial charge in [0.15, 0.2) is 0 Å². The van der Waals surface area contributed by atoms with Crippen molar-refractivity contribution in [2.24, 2.45) is 0 Å². The molecule has 1 N–H and O–H groups in total. The van der Waals surface area contributed by atoms with Gasteiger partial charge in [0, 0.05) is 37.7 Å². The van der Waals surface area contributed by atoms with Crippen LogP contribution in [0.4, 0.5) is 11.4 Å². The first-order valence-electron chi connectivity index (χ1n) is 8.82. The van der Waals surface area contributed by atoms with Crippen LogP contribution in [0.25, 0.3) is 0 Å². The van der Waals surface area contributed by atoms with Crippen LogP contribution in [0, 0.1) is 20.2 Å². The molecule has 3 rings (SSSR count). The van der Waals surface area contributed by atoms with Gasteiger partial charge in [0.25, 0.3) is 11.4 Å². The molecule has 2 aromatic carbocycles. The summed E-state index contributed by atoms with van der Waals surface area (Å²) in [5.74, 6) is 0.462. The Morgan fingerprint density at radius 3 is 2.03 bits per heavy atom. The fraction of sp³-hybridized carbons (Fsp3) is 0.368. The predicted octanol–water partition coefficient (Wildman–Crippen LogP) is 2.14. The summed E-state index contributed by atoms with van der Waals surface area (Å²) in [6.07, 6.45) is 3.08. The van der Waals surface area contributed by atoms with Gasteiger partial charge in [-0.3, -0.25) is 20.2 Å². The number of aliphatic hydroxyl groups excluding tert-OH is 1. The SMILES string of the molecule is CC1CCCO1.COc1cc([N+](=O)[O-])ccc1Br.O=[N+]([O-])c1ccc(Br)c(CO)c1.[B].[H-].[Na+]. The Balaban J connectivity index is -0.000000410. The molecule has 1 saturated heterocycles. The summed E-state index contributed by atoms with van der Waals surface area (Å²) >= 11 is 6.35. The third kappa shape index (κ3) is 11.7. The van der Waals surface area contributed by atoms with Crippen LogP contribution in [-0.2, 0) is 11.3 Å². The summed E-state index contributed by atoms with van der Waals surface area (Å²) in [4.78, 5) is 19.6. The minimum Gasteiger partial charge on any atom is -1.00 e. The number of benzene rings is 2. The molecule has 2 aromatic rings. The maximum absolute atomic E-state index is 10.3. The van der Waals surface area contributed by atoms with Gasteiger partial charge >= 0.3 is 29.6 Å². The largest absolute Gasteiger partial charge is 1.00 e. The van der Waals surface area contributed by atoms with Gasteiger partial charge in [0.2, 0.25) is 0 Å². The molecule has 0 aromatic heterocycles.